The Balaban J connectivity index is 3.15. The number of hydrogen-bond acceptors (Lipinski definition) is 8. The predicted molar refractivity (Wildman–Crippen MR) is 175 cm³/mol. The molecule has 0 rings (SSSR count). The second-order valence-electron chi connectivity index (χ2n) is 11.6. The second kappa shape index (κ2) is 37.4. The summed E-state index contributed by atoms with van der Waals surface area (Å²) in [6.07, 6.45) is 21.5. The molecule has 43 heavy (non-hydrogen) atoms. The van der Waals surface area contributed by atoms with Crippen LogP contribution in [0.4, 0.5) is 0 Å². The van der Waals surface area contributed by atoms with E-state index in [4.69, 9.17) is 33.2 Å². The second-order valence-corrected chi connectivity index (χ2v) is 11.6. The van der Waals surface area contributed by atoms with Crippen LogP contribution in [0.15, 0.2) is 0 Å². The summed E-state index contributed by atoms with van der Waals surface area (Å²) in [5, 5.41) is 0. The molecule has 0 saturated heterocycles. The molecule has 0 spiro atoms. The van der Waals surface area contributed by atoms with Crippen molar-refractivity contribution in [3.8, 4) is 0 Å². The fourth-order valence-corrected chi connectivity index (χ4v) is 4.43. The van der Waals surface area contributed by atoms with Gasteiger partial charge in [-0.15, -0.1) is 0 Å². The SMILES string of the molecule is CCCCCCCCCCCCCCCCCC(=O)OCCOCCOCCOCCOCCOCCOCC(C)CC. The Hall–Kier alpha value is -0.770. The third-order valence-electron chi connectivity index (χ3n) is 7.43. The van der Waals surface area contributed by atoms with E-state index in [0.29, 0.717) is 91.6 Å². The maximum atomic E-state index is 11.9. The summed E-state index contributed by atoms with van der Waals surface area (Å²) in [4.78, 5) is 11.9. The summed E-state index contributed by atoms with van der Waals surface area (Å²) in [7, 11) is 0. The molecule has 258 valence electrons. The van der Waals surface area contributed by atoms with Crippen LogP contribution in [0.3, 0.4) is 0 Å². The molecule has 0 amide bonds. The van der Waals surface area contributed by atoms with E-state index in [1.165, 1.54) is 83.5 Å². The largest absolute Gasteiger partial charge is 0.463 e. The van der Waals surface area contributed by atoms with Gasteiger partial charge >= 0.3 is 5.97 Å². The average Bonchev–Trinajstić information content (AvgIpc) is 3.01. The highest BCUT2D eigenvalue weighted by Crippen LogP contribution is 2.13. The van der Waals surface area contributed by atoms with Gasteiger partial charge < -0.3 is 33.2 Å². The Kier molecular flexibility index (Phi) is 36.7. The van der Waals surface area contributed by atoms with Crippen molar-refractivity contribution in [2.45, 2.75) is 130 Å². The molecule has 0 aliphatic heterocycles. The van der Waals surface area contributed by atoms with Crippen molar-refractivity contribution in [2.24, 2.45) is 5.92 Å². The first-order valence-electron chi connectivity index (χ1n) is 17.8. The standard InChI is InChI=1S/C35H70O8/c1-4-6-7-8-9-10-11-12-13-14-15-16-17-18-19-20-35(36)43-32-31-41-28-27-39-24-23-37-21-22-38-25-26-40-29-30-42-33-34(3)5-2/h34H,4-33H2,1-3H3. The van der Waals surface area contributed by atoms with Crippen LogP contribution in [0.25, 0.3) is 0 Å². The molecule has 1 atom stereocenters. The molecule has 0 radical (unpaired) electrons. The van der Waals surface area contributed by atoms with E-state index >= 15 is 0 Å². The highest BCUT2D eigenvalue weighted by Gasteiger charge is 2.03. The number of carbonyl (C=O) groups excluding carboxylic acids is 1. The van der Waals surface area contributed by atoms with Crippen molar-refractivity contribution in [3.63, 3.8) is 0 Å². The van der Waals surface area contributed by atoms with Crippen LogP contribution in [0.1, 0.15) is 130 Å². The number of ether oxygens (including phenoxy) is 7. The Morgan fingerprint density at radius 1 is 0.442 bits per heavy atom. The van der Waals surface area contributed by atoms with Crippen LogP contribution in [0.2, 0.25) is 0 Å². The van der Waals surface area contributed by atoms with E-state index in [9.17, 15) is 4.79 Å². The van der Waals surface area contributed by atoms with Gasteiger partial charge in [-0.05, 0) is 12.3 Å². The van der Waals surface area contributed by atoms with Gasteiger partial charge in [0.1, 0.15) is 6.61 Å². The van der Waals surface area contributed by atoms with Gasteiger partial charge in [0.2, 0.25) is 0 Å². The van der Waals surface area contributed by atoms with Gasteiger partial charge in [0.25, 0.3) is 0 Å². The molecule has 1 unspecified atom stereocenters. The monoisotopic (exact) mass is 619 g/mol. The van der Waals surface area contributed by atoms with Gasteiger partial charge in [0, 0.05) is 13.0 Å². The Morgan fingerprint density at radius 2 is 0.767 bits per heavy atom. The van der Waals surface area contributed by atoms with Gasteiger partial charge in [-0.25, -0.2) is 0 Å². The summed E-state index contributed by atoms with van der Waals surface area (Å²) in [5.41, 5.74) is 0. The molecule has 0 aromatic rings. The zero-order valence-corrected chi connectivity index (χ0v) is 28.6. The first kappa shape index (κ1) is 42.2. The predicted octanol–water partition coefficient (Wildman–Crippen LogP) is 7.94. The van der Waals surface area contributed by atoms with E-state index < -0.39 is 0 Å². The Morgan fingerprint density at radius 3 is 1.14 bits per heavy atom. The zero-order chi connectivity index (χ0) is 31.3. The van der Waals surface area contributed by atoms with Gasteiger partial charge in [-0.3, -0.25) is 4.79 Å². The molecule has 0 aromatic carbocycles. The minimum atomic E-state index is -0.120. The summed E-state index contributed by atoms with van der Waals surface area (Å²) in [6.45, 7) is 13.5. The van der Waals surface area contributed by atoms with Crippen molar-refractivity contribution in [1.29, 1.82) is 0 Å². The smallest absolute Gasteiger partial charge is 0.305 e. The third-order valence-corrected chi connectivity index (χ3v) is 7.43. The van der Waals surface area contributed by atoms with Gasteiger partial charge in [-0.1, -0.05) is 117 Å². The van der Waals surface area contributed by atoms with Crippen LogP contribution in [-0.2, 0) is 38.0 Å². The van der Waals surface area contributed by atoms with Gasteiger partial charge in [0.05, 0.1) is 72.7 Å². The lowest BCUT2D eigenvalue weighted by atomic mass is 10.0. The van der Waals surface area contributed by atoms with E-state index in [1.54, 1.807) is 0 Å². The van der Waals surface area contributed by atoms with Crippen molar-refractivity contribution < 1.29 is 38.0 Å². The molecule has 8 heteroatoms. The Bertz CT molecular complexity index is 534. The lowest BCUT2D eigenvalue weighted by Gasteiger charge is -2.10. The van der Waals surface area contributed by atoms with Crippen molar-refractivity contribution >= 4 is 5.97 Å². The minimum Gasteiger partial charge on any atom is -0.463 e. The molecule has 8 nitrogen and oxygen atoms in total. The van der Waals surface area contributed by atoms with Crippen LogP contribution in [0, 0.1) is 5.92 Å². The minimum absolute atomic E-state index is 0.120. The van der Waals surface area contributed by atoms with E-state index in [1.807, 2.05) is 0 Å². The number of rotatable bonds is 37. The molecule has 0 aliphatic rings. The quantitative estimate of drug-likeness (QED) is 0.0513. The molecule has 0 aliphatic carbocycles. The average molecular weight is 619 g/mol. The summed E-state index contributed by atoms with van der Waals surface area (Å²) in [5.74, 6) is 0.480. The lowest BCUT2D eigenvalue weighted by molar-refractivity contribution is -0.145. The fourth-order valence-electron chi connectivity index (χ4n) is 4.43. The van der Waals surface area contributed by atoms with Crippen LogP contribution in [-0.4, -0.2) is 91.9 Å². The molecule has 0 N–H and O–H groups in total. The lowest BCUT2D eigenvalue weighted by Crippen LogP contribution is -2.15. The third kappa shape index (κ3) is 37.3. The first-order valence-corrected chi connectivity index (χ1v) is 17.8. The van der Waals surface area contributed by atoms with Crippen molar-refractivity contribution in [2.75, 3.05) is 85.9 Å². The summed E-state index contributed by atoms with van der Waals surface area (Å²) < 4.78 is 38.2. The van der Waals surface area contributed by atoms with E-state index in [0.717, 1.165) is 25.9 Å². The Labute approximate surface area is 265 Å². The van der Waals surface area contributed by atoms with E-state index in [2.05, 4.69) is 20.8 Å². The van der Waals surface area contributed by atoms with Gasteiger partial charge in [0.15, 0.2) is 0 Å². The normalized spacial score (nSPS) is 12.2. The molecule has 0 bridgehead atoms. The number of hydrogen-bond donors (Lipinski definition) is 0. The zero-order valence-electron chi connectivity index (χ0n) is 28.6. The fraction of sp³-hybridized carbons (Fsp3) is 0.971. The topological polar surface area (TPSA) is 81.7 Å². The van der Waals surface area contributed by atoms with Crippen LogP contribution < -0.4 is 0 Å². The highest BCUT2D eigenvalue weighted by atomic mass is 16.6. The first-order chi connectivity index (χ1) is 21.2. The number of unbranched alkanes of at least 4 members (excludes halogenated alkanes) is 14. The number of carbonyl (C=O) groups is 1. The van der Waals surface area contributed by atoms with Crippen molar-refractivity contribution in [3.05, 3.63) is 0 Å². The summed E-state index contributed by atoms with van der Waals surface area (Å²) in [6, 6.07) is 0. The van der Waals surface area contributed by atoms with Crippen LogP contribution >= 0.6 is 0 Å². The maximum Gasteiger partial charge on any atom is 0.305 e. The van der Waals surface area contributed by atoms with Gasteiger partial charge in [-0.2, -0.15) is 0 Å². The van der Waals surface area contributed by atoms with E-state index in [-0.39, 0.29) is 5.97 Å². The molecule has 0 aromatic heterocycles. The molecule has 0 heterocycles. The van der Waals surface area contributed by atoms with Crippen molar-refractivity contribution in [1.82, 2.24) is 0 Å². The molecule has 0 saturated carbocycles. The maximum absolute atomic E-state index is 11.9. The molecular formula is C35H70O8. The number of esters is 1. The highest BCUT2D eigenvalue weighted by molar-refractivity contribution is 5.69. The molecule has 0 fully saturated rings. The summed E-state index contributed by atoms with van der Waals surface area (Å²) >= 11 is 0. The molecular weight excluding hydrogens is 548 g/mol. The van der Waals surface area contributed by atoms with Crippen LogP contribution in [0.5, 0.6) is 0 Å².